The fourth-order valence-corrected chi connectivity index (χ4v) is 1.77. The molecule has 0 unspecified atom stereocenters. The van der Waals surface area contributed by atoms with Crippen LogP contribution in [-0.2, 0) is 13.7 Å². The number of aliphatic hydroxyl groups excluding tert-OH is 1. The third kappa shape index (κ3) is 2.47. The first-order valence-corrected chi connectivity index (χ1v) is 5.61. The molecule has 0 radical (unpaired) electrons. The Morgan fingerprint density at radius 2 is 2.00 bits per heavy atom. The fraction of sp³-hybridized carbons (Fsp3) is 0.308. The van der Waals surface area contributed by atoms with Gasteiger partial charge in [0.25, 0.3) is 0 Å². The smallest absolute Gasteiger partial charge is 0.119 e. The van der Waals surface area contributed by atoms with Crippen LogP contribution in [0.5, 0.6) is 5.75 Å². The Hall–Kier alpha value is -1.81. The van der Waals surface area contributed by atoms with Gasteiger partial charge in [0.2, 0.25) is 0 Å². The van der Waals surface area contributed by atoms with Crippen molar-refractivity contribution < 1.29 is 9.84 Å². The Kier molecular flexibility index (Phi) is 3.44. The van der Waals surface area contributed by atoms with Crippen molar-refractivity contribution in [3.63, 3.8) is 0 Å². The van der Waals surface area contributed by atoms with Crippen molar-refractivity contribution >= 4 is 0 Å². The van der Waals surface area contributed by atoms with E-state index in [4.69, 9.17) is 4.74 Å². The van der Waals surface area contributed by atoms with Crippen LogP contribution in [0.15, 0.2) is 30.5 Å². The number of hydrogen-bond donors (Lipinski definition) is 1. The van der Waals surface area contributed by atoms with E-state index >= 15 is 0 Å². The molecule has 0 amide bonds. The van der Waals surface area contributed by atoms with Gasteiger partial charge in [0.15, 0.2) is 0 Å². The number of aryl methyl sites for hydroxylation is 1. The zero-order valence-electron chi connectivity index (χ0n) is 10.1. The van der Waals surface area contributed by atoms with Crippen molar-refractivity contribution in [1.29, 1.82) is 0 Å². The highest BCUT2D eigenvalue weighted by molar-refractivity contribution is 5.63. The molecule has 0 aliphatic carbocycles. The van der Waals surface area contributed by atoms with Crippen molar-refractivity contribution in [2.75, 3.05) is 6.61 Å². The van der Waals surface area contributed by atoms with Crippen molar-refractivity contribution in [3.8, 4) is 17.0 Å². The minimum atomic E-state index is -0.00359. The summed E-state index contributed by atoms with van der Waals surface area (Å²) in [6.45, 7) is 2.61. The Balaban J connectivity index is 2.32. The van der Waals surface area contributed by atoms with Gasteiger partial charge in [-0.3, -0.25) is 4.68 Å². The van der Waals surface area contributed by atoms with Crippen LogP contribution in [0.3, 0.4) is 0 Å². The molecule has 4 nitrogen and oxygen atoms in total. The highest BCUT2D eigenvalue weighted by Crippen LogP contribution is 2.24. The van der Waals surface area contributed by atoms with Crippen LogP contribution >= 0.6 is 0 Å². The lowest BCUT2D eigenvalue weighted by molar-refractivity contribution is 0.282. The van der Waals surface area contributed by atoms with E-state index in [9.17, 15) is 5.11 Å². The van der Waals surface area contributed by atoms with Gasteiger partial charge in [0.05, 0.1) is 18.9 Å². The number of ether oxygens (including phenoxy) is 1. The molecular weight excluding hydrogens is 216 g/mol. The largest absolute Gasteiger partial charge is 0.494 e. The molecule has 0 aliphatic rings. The zero-order chi connectivity index (χ0) is 12.3. The highest BCUT2D eigenvalue weighted by Gasteiger charge is 2.09. The Morgan fingerprint density at radius 3 is 2.59 bits per heavy atom. The van der Waals surface area contributed by atoms with Crippen LogP contribution in [0.2, 0.25) is 0 Å². The second kappa shape index (κ2) is 5.01. The second-order valence-electron chi connectivity index (χ2n) is 3.79. The molecule has 2 rings (SSSR count). The van der Waals surface area contributed by atoms with E-state index in [1.165, 1.54) is 0 Å². The van der Waals surface area contributed by atoms with E-state index in [-0.39, 0.29) is 6.61 Å². The predicted octanol–water partition coefficient (Wildman–Crippen LogP) is 1.98. The summed E-state index contributed by atoms with van der Waals surface area (Å²) >= 11 is 0. The Bertz CT molecular complexity index is 489. The molecule has 90 valence electrons. The van der Waals surface area contributed by atoms with E-state index in [2.05, 4.69) is 5.10 Å². The van der Waals surface area contributed by atoms with Gasteiger partial charge in [-0.2, -0.15) is 5.10 Å². The summed E-state index contributed by atoms with van der Waals surface area (Å²) in [5.41, 5.74) is 2.63. The highest BCUT2D eigenvalue weighted by atomic mass is 16.5. The predicted molar refractivity (Wildman–Crippen MR) is 65.7 cm³/mol. The number of benzene rings is 1. The minimum absolute atomic E-state index is 0.00359. The van der Waals surface area contributed by atoms with Gasteiger partial charge >= 0.3 is 0 Å². The Labute approximate surface area is 100 Å². The van der Waals surface area contributed by atoms with Crippen LogP contribution in [0, 0.1) is 0 Å². The summed E-state index contributed by atoms with van der Waals surface area (Å²) < 4.78 is 7.09. The second-order valence-corrected chi connectivity index (χ2v) is 3.79. The van der Waals surface area contributed by atoms with Crippen LogP contribution in [-0.4, -0.2) is 21.5 Å². The average molecular weight is 232 g/mol. The number of hydrogen-bond acceptors (Lipinski definition) is 3. The van der Waals surface area contributed by atoms with Gasteiger partial charge in [0.1, 0.15) is 5.75 Å². The normalized spacial score (nSPS) is 10.5. The van der Waals surface area contributed by atoms with E-state index in [0.717, 1.165) is 22.6 Å². The van der Waals surface area contributed by atoms with E-state index < -0.39 is 0 Å². The molecule has 1 aromatic heterocycles. The van der Waals surface area contributed by atoms with Crippen molar-refractivity contribution in [2.45, 2.75) is 13.5 Å². The topological polar surface area (TPSA) is 47.3 Å². The van der Waals surface area contributed by atoms with E-state index in [1.54, 1.807) is 4.68 Å². The standard InChI is InChI=1S/C13H16N2O2/c1-3-17-12-6-4-10(5-7-12)13-11(9-16)8-15(2)14-13/h4-8,16H,3,9H2,1-2H3. The first-order chi connectivity index (χ1) is 8.24. The maximum atomic E-state index is 9.25. The molecule has 17 heavy (non-hydrogen) atoms. The Morgan fingerprint density at radius 1 is 1.29 bits per heavy atom. The number of nitrogens with zero attached hydrogens (tertiary/aromatic N) is 2. The number of rotatable bonds is 4. The van der Waals surface area contributed by atoms with Gasteiger partial charge in [-0.25, -0.2) is 0 Å². The first kappa shape index (κ1) is 11.7. The quantitative estimate of drug-likeness (QED) is 0.876. The maximum Gasteiger partial charge on any atom is 0.119 e. The molecule has 1 aromatic carbocycles. The average Bonchev–Trinajstić information content (AvgIpc) is 2.72. The molecule has 4 heteroatoms. The molecule has 2 aromatic rings. The van der Waals surface area contributed by atoms with E-state index in [0.29, 0.717) is 6.61 Å². The third-order valence-electron chi connectivity index (χ3n) is 2.51. The van der Waals surface area contributed by atoms with Crippen LogP contribution < -0.4 is 4.74 Å². The van der Waals surface area contributed by atoms with Gasteiger partial charge in [-0.1, -0.05) is 0 Å². The molecule has 0 atom stereocenters. The SMILES string of the molecule is CCOc1ccc(-c2nn(C)cc2CO)cc1. The molecule has 0 aliphatic heterocycles. The van der Waals surface area contributed by atoms with Crippen molar-refractivity contribution in [3.05, 3.63) is 36.0 Å². The third-order valence-corrected chi connectivity index (χ3v) is 2.51. The molecule has 0 spiro atoms. The summed E-state index contributed by atoms with van der Waals surface area (Å²) in [6.07, 6.45) is 1.83. The molecule has 0 saturated heterocycles. The molecule has 0 fully saturated rings. The number of aliphatic hydroxyl groups is 1. The van der Waals surface area contributed by atoms with Crippen molar-refractivity contribution in [2.24, 2.45) is 7.05 Å². The molecule has 0 saturated carbocycles. The number of aromatic nitrogens is 2. The van der Waals surface area contributed by atoms with Gasteiger partial charge in [-0.05, 0) is 31.2 Å². The van der Waals surface area contributed by atoms with Crippen LogP contribution in [0.4, 0.5) is 0 Å². The van der Waals surface area contributed by atoms with Gasteiger partial charge in [-0.15, -0.1) is 0 Å². The van der Waals surface area contributed by atoms with Crippen LogP contribution in [0.25, 0.3) is 11.3 Å². The molecule has 1 N–H and O–H groups in total. The lowest BCUT2D eigenvalue weighted by Crippen LogP contribution is -1.92. The lowest BCUT2D eigenvalue weighted by atomic mass is 10.1. The summed E-state index contributed by atoms with van der Waals surface area (Å²) in [6, 6.07) is 7.72. The van der Waals surface area contributed by atoms with Crippen molar-refractivity contribution in [1.82, 2.24) is 9.78 Å². The fourth-order valence-electron chi connectivity index (χ4n) is 1.77. The first-order valence-electron chi connectivity index (χ1n) is 5.61. The molecular formula is C13H16N2O2. The maximum absolute atomic E-state index is 9.25. The summed E-state index contributed by atoms with van der Waals surface area (Å²) in [4.78, 5) is 0. The molecule has 0 bridgehead atoms. The summed E-state index contributed by atoms with van der Waals surface area (Å²) in [7, 11) is 1.84. The van der Waals surface area contributed by atoms with Gasteiger partial charge in [0, 0.05) is 24.4 Å². The van der Waals surface area contributed by atoms with Crippen LogP contribution in [0.1, 0.15) is 12.5 Å². The zero-order valence-corrected chi connectivity index (χ0v) is 10.1. The monoisotopic (exact) mass is 232 g/mol. The summed E-state index contributed by atoms with van der Waals surface area (Å²) in [5, 5.41) is 13.6. The van der Waals surface area contributed by atoms with Gasteiger partial charge < -0.3 is 9.84 Å². The van der Waals surface area contributed by atoms with E-state index in [1.807, 2.05) is 44.4 Å². The lowest BCUT2D eigenvalue weighted by Gasteiger charge is -2.04. The minimum Gasteiger partial charge on any atom is -0.494 e. The summed E-state index contributed by atoms with van der Waals surface area (Å²) in [5.74, 6) is 0.845. The molecule has 1 heterocycles.